The van der Waals surface area contributed by atoms with Crippen molar-refractivity contribution < 1.29 is 9.90 Å². The number of hydrogen-bond donors (Lipinski definition) is 3. The van der Waals surface area contributed by atoms with Crippen molar-refractivity contribution in [3.63, 3.8) is 0 Å². The minimum atomic E-state index is -0.163. The average Bonchev–Trinajstić information content (AvgIpc) is 2.41. The van der Waals surface area contributed by atoms with Gasteiger partial charge in [0.1, 0.15) is 0 Å². The van der Waals surface area contributed by atoms with E-state index in [1.807, 2.05) is 6.92 Å². The number of nitrogens with zero attached hydrogens (tertiary/aromatic N) is 1. The molecule has 1 aliphatic carbocycles. The first kappa shape index (κ1) is 13.8. The van der Waals surface area contributed by atoms with Crippen LogP contribution in [0.3, 0.4) is 0 Å². The minimum absolute atomic E-state index is 0.0426. The van der Waals surface area contributed by atoms with Gasteiger partial charge in [-0.15, -0.1) is 0 Å². The summed E-state index contributed by atoms with van der Waals surface area (Å²) in [7, 11) is 0. The van der Waals surface area contributed by atoms with E-state index in [0.717, 1.165) is 51.9 Å². The molecule has 1 atom stereocenters. The molecule has 1 heterocycles. The van der Waals surface area contributed by atoms with Gasteiger partial charge in [0, 0.05) is 32.2 Å². The Bertz CT molecular complexity index is 271. The number of aliphatic hydroxyl groups excluding tert-OH is 1. The fraction of sp³-hybridized carbons (Fsp3) is 0.923. The smallest absolute Gasteiger partial charge is 0.237 e. The zero-order valence-electron chi connectivity index (χ0n) is 11.2. The number of amides is 1. The normalized spacial score (nSPS) is 31.9. The monoisotopic (exact) mass is 255 g/mol. The molecule has 18 heavy (non-hydrogen) atoms. The number of aliphatic hydroxyl groups is 1. The Balaban J connectivity index is 1.76. The quantitative estimate of drug-likeness (QED) is 0.648. The van der Waals surface area contributed by atoms with Crippen LogP contribution in [0.1, 0.15) is 32.6 Å². The molecule has 1 unspecified atom stereocenters. The number of nitrogens with one attached hydrogen (secondary N) is 2. The van der Waals surface area contributed by atoms with E-state index < -0.39 is 0 Å². The molecule has 1 aliphatic heterocycles. The number of piperazine rings is 1. The van der Waals surface area contributed by atoms with Crippen LogP contribution in [0.5, 0.6) is 0 Å². The highest BCUT2D eigenvalue weighted by molar-refractivity contribution is 5.81. The highest BCUT2D eigenvalue weighted by Crippen LogP contribution is 2.18. The van der Waals surface area contributed by atoms with Crippen LogP contribution in [0.2, 0.25) is 0 Å². The molecule has 3 N–H and O–H groups in total. The highest BCUT2D eigenvalue weighted by atomic mass is 16.3. The first-order valence-corrected chi connectivity index (χ1v) is 7.10. The standard InChI is InChI=1S/C13H25N3O2/c1-10(16-8-6-14-7-9-16)13(18)15-11-2-4-12(17)5-3-11/h10-12,14,17H,2-9H2,1H3,(H,15,18). The number of rotatable bonds is 3. The van der Waals surface area contributed by atoms with Crippen LogP contribution in [-0.4, -0.2) is 60.3 Å². The van der Waals surface area contributed by atoms with Crippen LogP contribution in [0.4, 0.5) is 0 Å². The zero-order chi connectivity index (χ0) is 13.0. The Morgan fingerprint density at radius 2 is 1.89 bits per heavy atom. The molecule has 0 aromatic heterocycles. The Labute approximate surface area is 109 Å². The lowest BCUT2D eigenvalue weighted by Gasteiger charge is -2.33. The molecule has 2 aliphatic rings. The van der Waals surface area contributed by atoms with Gasteiger partial charge in [-0.05, 0) is 32.6 Å². The van der Waals surface area contributed by atoms with E-state index in [0.29, 0.717) is 0 Å². The van der Waals surface area contributed by atoms with Gasteiger partial charge in [-0.1, -0.05) is 0 Å². The Kier molecular flexibility index (Phi) is 4.97. The Morgan fingerprint density at radius 1 is 1.28 bits per heavy atom. The van der Waals surface area contributed by atoms with Crippen molar-refractivity contribution in [3.8, 4) is 0 Å². The van der Waals surface area contributed by atoms with Crippen LogP contribution < -0.4 is 10.6 Å². The van der Waals surface area contributed by atoms with E-state index in [9.17, 15) is 9.90 Å². The maximum Gasteiger partial charge on any atom is 0.237 e. The zero-order valence-corrected chi connectivity index (χ0v) is 11.2. The van der Waals surface area contributed by atoms with Crippen molar-refractivity contribution in [2.24, 2.45) is 0 Å². The van der Waals surface area contributed by atoms with E-state index in [4.69, 9.17) is 0 Å². The third kappa shape index (κ3) is 3.67. The lowest BCUT2D eigenvalue weighted by molar-refractivity contribution is -0.127. The molecule has 1 amide bonds. The molecule has 0 spiro atoms. The van der Waals surface area contributed by atoms with E-state index in [1.54, 1.807) is 0 Å². The second-order valence-corrected chi connectivity index (χ2v) is 5.48. The average molecular weight is 255 g/mol. The van der Waals surface area contributed by atoms with Gasteiger partial charge in [-0.3, -0.25) is 9.69 Å². The summed E-state index contributed by atoms with van der Waals surface area (Å²) in [5, 5.41) is 15.9. The predicted molar refractivity (Wildman–Crippen MR) is 70.3 cm³/mol. The topological polar surface area (TPSA) is 64.6 Å². The SMILES string of the molecule is CC(C(=O)NC1CCC(O)CC1)N1CCNCC1. The molecule has 104 valence electrons. The van der Waals surface area contributed by atoms with Gasteiger partial charge in [-0.2, -0.15) is 0 Å². The summed E-state index contributed by atoms with van der Waals surface area (Å²) in [4.78, 5) is 14.4. The lowest BCUT2D eigenvalue weighted by atomic mass is 9.93. The Hall–Kier alpha value is -0.650. The Morgan fingerprint density at radius 3 is 2.50 bits per heavy atom. The van der Waals surface area contributed by atoms with Gasteiger partial charge in [0.2, 0.25) is 5.91 Å². The molecular formula is C13H25N3O2. The third-order valence-corrected chi connectivity index (χ3v) is 4.12. The summed E-state index contributed by atoms with van der Waals surface area (Å²) in [5.74, 6) is 0.137. The first-order chi connectivity index (χ1) is 8.66. The van der Waals surface area contributed by atoms with E-state index in [2.05, 4.69) is 15.5 Å². The second-order valence-electron chi connectivity index (χ2n) is 5.48. The first-order valence-electron chi connectivity index (χ1n) is 7.10. The largest absolute Gasteiger partial charge is 0.393 e. The molecule has 1 saturated heterocycles. The van der Waals surface area contributed by atoms with Crippen molar-refractivity contribution >= 4 is 5.91 Å². The molecule has 2 rings (SSSR count). The molecule has 0 aromatic carbocycles. The fourth-order valence-electron chi connectivity index (χ4n) is 2.78. The van der Waals surface area contributed by atoms with Crippen molar-refractivity contribution in [1.29, 1.82) is 0 Å². The van der Waals surface area contributed by atoms with Crippen LogP contribution >= 0.6 is 0 Å². The summed E-state index contributed by atoms with van der Waals surface area (Å²) < 4.78 is 0. The van der Waals surface area contributed by atoms with Crippen LogP contribution in [0, 0.1) is 0 Å². The van der Waals surface area contributed by atoms with E-state index >= 15 is 0 Å². The van der Waals surface area contributed by atoms with Gasteiger partial charge in [0.05, 0.1) is 12.1 Å². The van der Waals surface area contributed by atoms with Crippen molar-refractivity contribution in [2.75, 3.05) is 26.2 Å². The van der Waals surface area contributed by atoms with E-state index in [-0.39, 0.29) is 24.1 Å². The number of carbonyl (C=O) groups is 1. The van der Waals surface area contributed by atoms with E-state index in [1.165, 1.54) is 0 Å². The summed E-state index contributed by atoms with van der Waals surface area (Å²) in [6.45, 7) is 5.80. The number of carbonyl (C=O) groups excluding carboxylic acids is 1. The van der Waals surface area contributed by atoms with Gasteiger partial charge in [0.15, 0.2) is 0 Å². The molecule has 0 radical (unpaired) electrons. The maximum atomic E-state index is 12.2. The molecule has 5 nitrogen and oxygen atoms in total. The third-order valence-electron chi connectivity index (χ3n) is 4.12. The van der Waals surface area contributed by atoms with Crippen LogP contribution in [0.25, 0.3) is 0 Å². The minimum Gasteiger partial charge on any atom is -0.393 e. The summed E-state index contributed by atoms with van der Waals surface area (Å²) in [5.41, 5.74) is 0. The van der Waals surface area contributed by atoms with Gasteiger partial charge in [-0.25, -0.2) is 0 Å². The molecule has 1 saturated carbocycles. The summed E-state index contributed by atoms with van der Waals surface area (Å²) in [6, 6.07) is 0.213. The molecule has 2 fully saturated rings. The second kappa shape index (κ2) is 6.50. The van der Waals surface area contributed by atoms with Crippen molar-refractivity contribution in [1.82, 2.24) is 15.5 Å². The number of hydrogen-bond acceptors (Lipinski definition) is 4. The van der Waals surface area contributed by atoms with Gasteiger partial charge < -0.3 is 15.7 Å². The fourth-order valence-corrected chi connectivity index (χ4v) is 2.78. The molecule has 0 aromatic rings. The molecule has 5 heteroatoms. The van der Waals surface area contributed by atoms with Crippen molar-refractivity contribution in [2.45, 2.75) is 50.8 Å². The lowest BCUT2D eigenvalue weighted by Crippen LogP contribution is -2.54. The predicted octanol–water partition coefficient (Wildman–Crippen LogP) is -0.300. The van der Waals surface area contributed by atoms with Crippen LogP contribution in [-0.2, 0) is 4.79 Å². The van der Waals surface area contributed by atoms with Crippen molar-refractivity contribution in [3.05, 3.63) is 0 Å². The van der Waals surface area contributed by atoms with Crippen LogP contribution in [0.15, 0.2) is 0 Å². The molecule has 0 bridgehead atoms. The maximum absolute atomic E-state index is 12.2. The van der Waals surface area contributed by atoms with Gasteiger partial charge in [0.25, 0.3) is 0 Å². The molecular weight excluding hydrogens is 230 g/mol. The summed E-state index contributed by atoms with van der Waals surface area (Å²) in [6.07, 6.45) is 3.27. The highest BCUT2D eigenvalue weighted by Gasteiger charge is 2.26. The summed E-state index contributed by atoms with van der Waals surface area (Å²) >= 11 is 0. The van der Waals surface area contributed by atoms with Gasteiger partial charge >= 0.3 is 0 Å².